The molecule has 4 heteroatoms. The van der Waals surface area contributed by atoms with Gasteiger partial charge in [0.2, 0.25) is 0 Å². The molecule has 1 heterocycles. The molecule has 0 spiro atoms. The van der Waals surface area contributed by atoms with E-state index in [0.717, 1.165) is 28.8 Å². The molecule has 0 aliphatic carbocycles. The van der Waals surface area contributed by atoms with Crippen LogP contribution in [0.25, 0.3) is 10.9 Å². The predicted octanol–water partition coefficient (Wildman–Crippen LogP) is 2.60. The largest absolute Gasteiger partial charge is 0.361 e. The molecule has 17 heavy (non-hydrogen) atoms. The second kappa shape index (κ2) is 5.27. The maximum Gasteiger partial charge on any atom is 0.255 e. The summed E-state index contributed by atoms with van der Waals surface area (Å²) in [6.45, 7) is 0.775. The van der Waals surface area contributed by atoms with Gasteiger partial charge in [0.05, 0.1) is 11.1 Å². The van der Waals surface area contributed by atoms with E-state index in [1.54, 1.807) is 16.7 Å². The fourth-order valence-corrected chi connectivity index (χ4v) is 2.25. The van der Waals surface area contributed by atoms with Crippen molar-refractivity contribution in [3.8, 4) is 0 Å². The van der Waals surface area contributed by atoms with E-state index in [9.17, 15) is 4.79 Å². The fourth-order valence-electron chi connectivity index (χ4n) is 1.80. The van der Waals surface area contributed by atoms with Crippen LogP contribution in [0.2, 0.25) is 0 Å². The number of fused-ring (bicyclic) bond motifs is 1. The van der Waals surface area contributed by atoms with Crippen molar-refractivity contribution in [2.75, 3.05) is 25.6 Å². The first kappa shape index (κ1) is 12.0. The Labute approximate surface area is 105 Å². The minimum absolute atomic E-state index is 0.0760. The van der Waals surface area contributed by atoms with Crippen LogP contribution in [0, 0.1) is 0 Å². The van der Waals surface area contributed by atoms with Crippen LogP contribution < -0.4 is 0 Å². The summed E-state index contributed by atoms with van der Waals surface area (Å²) in [6, 6.07) is 7.78. The number of aromatic nitrogens is 1. The van der Waals surface area contributed by atoms with Crippen LogP contribution in [-0.4, -0.2) is 41.4 Å². The molecule has 0 saturated carbocycles. The minimum atomic E-state index is 0.0760. The maximum atomic E-state index is 12.3. The maximum absolute atomic E-state index is 12.3. The Balaban J connectivity index is 2.27. The van der Waals surface area contributed by atoms with Crippen molar-refractivity contribution in [1.82, 2.24) is 9.88 Å². The summed E-state index contributed by atoms with van der Waals surface area (Å²) < 4.78 is 0. The number of nitrogens with zero attached hydrogens (tertiary/aromatic N) is 1. The Bertz CT molecular complexity index is 521. The van der Waals surface area contributed by atoms with Gasteiger partial charge in [-0.3, -0.25) is 4.79 Å². The molecule has 0 unspecified atom stereocenters. The third kappa shape index (κ3) is 2.47. The molecule has 2 aromatic rings. The Kier molecular flexibility index (Phi) is 3.74. The monoisotopic (exact) mass is 248 g/mol. The molecule has 0 aliphatic heterocycles. The molecule has 0 aliphatic rings. The van der Waals surface area contributed by atoms with E-state index in [4.69, 9.17) is 0 Å². The number of carbonyl (C=O) groups excluding carboxylic acids is 1. The van der Waals surface area contributed by atoms with Crippen molar-refractivity contribution in [2.24, 2.45) is 0 Å². The van der Waals surface area contributed by atoms with Crippen LogP contribution in [0.4, 0.5) is 0 Å². The lowest BCUT2D eigenvalue weighted by molar-refractivity contribution is 0.0805. The van der Waals surface area contributed by atoms with Crippen LogP contribution in [0.3, 0.4) is 0 Å². The van der Waals surface area contributed by atoms with Crippen molar-refractivity contribution >= 4 is 28.6 Å². The summed E-state index contributed by atoms with van der Waals surface area (Å²) in [4.78, 5) is 17.2. The number of thioether (sulfide) groups is 1. The SMILES string of the molecule is CSCCN(C)C(=O)c1cccc2cc[nH]c12. The summed E-state index contributed by atoms with van der Waals surface area (Å²) in [6.07, 6.45) is 3.91. The molecule has 3 nitrogen and oxygen atoms in total. The molecule has 1 aromatic heterocycles. The molecule has 90 valence electrons. The molecule has 0 bridgehead atoms. The number of aromatic amines is 1. The zero-order valence-corrected chi connectivity index (χ0v) is 10.9. The van der Waals surface area contributed by atoms with Crippen molar-refractivity contribution in [3.63, 3.8) is 0 Å². The Morgan fingerprint density at radius 1 is 1.41 bits per heavy atom. The molecule has 2 rings (SSSR count). The number of carbonyl (C=O) groups is 1. The molecule has 0 saturated heterocycles. The fraction of sp³-hybridized carbons (Fsp3) is 0.308. The molecular weight excluding hydrogens is 232 g/mol. The highest BCUT2D eigenvalue weighted by atomic mass is 32.2. The lowest BCUT2D eigenvalue weighted by Crippen LogP contribution is -2.29. The van der Waals surface area contributed by atoms with Gasteiger partial charge >= 0.3 is 0 Å². The highest BCUT2D eigenvalue weighted by molar-refractivity contribution is 7.98. The number of benzene rings is 1. The van der Waals surface area contributed by atoms with Crippen LogP contribution in [-0.2, 0) is 0 Å². The zero-order valence-electron chi connectivity index (χ0n) is 10.1. The number of rotatable bonds is 4. The van der Waals surface area contributed by atoms with Crippen molar-refractivity contribution < 1.29 is 4.79 Å². The smallest absolute Gasteiger partial charge is 0.255 e. The topological polar surface area (TPSA) is 36.1 Å². The van der Waals surface area contributed by atoms with E-state index in [2.05, 4.69) is 4.98 Å². The third-order valence-corrected chi connectivity index (χ3v) is 3.39. The van der Waals surface area contributed by atoms with Crippen molar-refractivity contribution in [3.05, 3.63) is 36.0 Å². The van der Waals surface area contributed by atoms with Gasteiger partial charge in [-0.15, -0.1) is 0 Å². The summed E-state index contributed by atoms with van der Waals surface area (Å²) in [5, 5.41) is 1.08. The molecule has 0 fully saturated rings. The summed E-state index contributed by atoms with van der Waals surface area (Å²) in [7, 11) is 1.85. The first-order valence-electron chi connectivity index (χ1n) is 5.54. The van der Waals surface area contributed by atoms with Gasteiger partial charge in [-0.05, 0) is 18.4 Å². The number of amides is 1. The van der Waals surface area contributed by atoms with Crippen LogP contribution in [0.1, 0.15) is 10.4 Å². The highest BCUT2D eigenvalue weighted by Crippen LogP contribution is 2.18. The minimum Gasteiger partial charge on any atom is -0.361 e. The molecule has 1 aromatic carbocycles. The van der Waals surface area contributed by atoms with E-state index in [1.165, 1.54) is 0 Å². The average molecular weight is 248 g/mol. The number of H-pyrrole nitrogens is 1. The molecule has 0 radical (unpaired) electrons. The molecule has 1 N–H and O–H groups in total. The molecular formula is C13H16N2OS. The molecule has 1 amide bonds. The normalized spacial score (nSPS) is 10.7. The first-order valence-corrected chi connectivity index (χ1v) is 6.94. The van der Waals surface area contributed by atoms with Crippen LogP contribution in [0.15, 0.2) is 30.5 Å². The summed E-state index contributed by atoms with van der Waals surface area (Å²) in [5.41, 5.74) is 1.67. The van der Waals surface area contributed by atoms with Gasteiger partial charge in [-0.1, -0.05) is 12.1 Å². The van der Waals surface area contributed by atoms with Gasteiger partial charge < -0.3 is 9.88 Å². The second-order valence-corrected chi connectivity index (χ2v) is 4.95. The lowest BCUT2D eigenvalue weighted by Gasteiger charge is -2.16. The van der Waals surface area contributed by atoms with Gasteiger partial charge in [-0.2, -0.15) is 11.8 Å². The first-order chi connectivity index (χ1) is 8.24. The van der Waals surface area contributed by atoms with Crippen LogP contribution >= 0.6 is 11.8 Å². The van der Waals surface area contributed by atoms with Crippen molar-refractivity contribution in [2.45, 2.75) is 0 Å². The highest BCUT2D eigenvalue weighted by Gasteiger charge is 2.14. The van der Waals surface area contributed by atoms with Crippen molar-refractivity contribution in [1.29, 1.82) is 0 Å². The quantitative estimate of drug-likeness (QED) is 0.903. The standard InChI is InChI=1S/C13H16N2OS/c1-15(8-9-17-2)13(16)11-5-3-4-10-6-7-14-12(10)11/h3-7,14H,8-9H2,1-2H3. The van der Waals surface area contributed by atoms with Gasteiger partial charge in [0.1, 0.15) is 0 Å². The third-order valence-electron chi connectivity index (χ3n) is 2.80. The Hall–Kier alpha value is -1.42. The van der Waals surface area contributed by atoms with Gasteiger partial charge in [0, 0.05) is 30.9 Å². The number of para-hydroxylation sites is 1. The van der Waals surface area contributed by atoms with Gasteiger partial charge in [0.25, 0.3) is 5.91 Å². The summed E-state index contributed by atoms with van der Waals surface area (Å²) >= 11 is 1.75. The number of hydrogen-bond acceptors (Lipinski definition) is 2. The lowest BCUT2D eigenvalue weighted by atomic mass is 10.1. The van der Waals surface area contributed by atoms with Crippen LogP contribution in [0.5, 0.6) is 0 Å². The number of nitrogens with one attached hydrogen (secondary N) is 1. The van der Waals surface area contributed by atoms with Gasteiger partial charge in [-0.25, -0.2) is 0 Å². The van der Waals surface area contributed by atoms with E-state index in [1.807, 2.05) is 43.8 Å². The van der Waals surface area contributed by atoms with E-state index in [-0.39, 0.29) is 5.91 Å². The van der Waals surface area contributed by atoms with E-state index < -0.39 is 0 Å². The Morgan fingerprint density at radius 3 is 3.00 bits per heavy atom. The predicted molar refractivity (Wildman–Crippen MR) is 73.6 cm³/mol. The second-order valence-electron chi connectivity index (χ2n) is 3.97. The van der Waals surface area contributed by atoms with E-state index >= 15 is 0 Å². The zero-order chi connectivity index (χ0) is 12.3. The average Bonchev–Trinajstić information content (AvgIpc) is 2.82. The number of hydrogen-bond donors (Lipinski definition) is 1. The Morgan fingerprint density at radius 2 is 2.24 bits per heavy atom. The van der Waals surface area contributed by atoms with E-state index in [0.29, 0.717) is 0 Å². The van der Waals surface area contributed by atoms with Gasteiger partial charge in [0.15, 0.2) is 0 Å². The summed E-state index contributed by atoms with van der Waals surface area (Å²) in [5.74, 6) is 1.04. The molecule has 0 atom stereocenters.